The summed E-state index contributed by atoms with van der Waals surface area (Å²) < 4.78 is 0. The van der Waals surface area contributed by atoms with E-state index >= 15 is 0 Å². The molecular weight excluding hydrogens is 196 g/mol. The second-order valence-corrected chi connectivity index (χ2v) is 6.84. The highest BCUT2D eigenvalue weighted by molar-refractivity contribution is 6.74. The Kier molecular flexibility index (Phi) is 3.34. The van der Waals surface area contributed by atoms with Gasteiger partial charge in [-0.05, 0) is 29.3 Å². The molecule has 0 spiro atoms. The van der Waals surface area contributed by atoms with Gasteiger partial charge in [-0.15, -0.1) is 0 Å². The van der Waals surface area contributed by atoms with Crippen LogP contribution in [0.1, 0.15) is 11.1 Å². The first-order chi connectivity index (χ1) is 6.07. The molecule has 0 fully saturated rings. The molecular formula is C11H15ClSi. The summed E-state index contributed by atoms with van der Waals surface area (Å²) in [6.45, 7) is 10.5. The zero-order valence-corrected chi connectivity index (χ0v) is 10.3. The standard InChI is InChI=1S/C11H15ClSi/c1-5-9-8(2)6-7-10(12)11(9)13(3)4/h5-7,13H,1H2,2-4H3. The minimum atomic E-state index is -0.856. The lowest BCUT2D eigenvalue weighted by molar-refractivity contribution is 1.46. The molecule has 0 aliphatic carbocycles. The first-order valence-corrected chi connectivity index (χ1v) is 7.75. The second kappa shape index (κ2) is 4.12. The summed E-state index contributed by atoms with van der Waals surface area (Å²) in [4.78, 5) is 0. The van der Waals surface area contributed by atoms with Crippen LogP contribution in [0.2, 0.25) is 18.1 Å². The molecule has 1 aromatic carbocycles. The molecule has 0 amide bonds. The predicted octanol–water partition coefficient (Wildman–Crippen LogP) is 2.99. The van der Waals surface area contributed by atoms with E-state index < -0.39 is 8.80 Å². The number of hydrogen-bond acceptors (Lipinski definition) is 0. The fourth-order valence-electron chi connectivity index (χ4n) is 1.58. The van der Waals surface area contributed by atoms with Crippen molar-refractivity contribution in [2.45, 2.75) is 20.0 Å². The molecule has 0 aromatic heterocycles. The van der Waals surface area contributed by atoms with E-state index in [-0.39, 0.29) is 0 Å². The van der Waals surface area contributed by atoms with Gasteiger partial charge in [0.25, 0.3) is 0 Å². The highest BCUT2D eigenvalue weighted by Gasteiger charge is 2.11. The van der Waals surface area contributed by atoms with E-state index in [1.807, 2.05) is 12.1 Å². The van der Waals surface area contributed by atoms with Crippen molar-refractivity contribution in [2.24, 2.45) is 0 Å². The molecule has 2 heteroatoms. The van der Waals surface area contributed by atoms with E-state index in [9.17, 15) is 0 Å². The smallest absolute Gasteiger partial charge is 0.0674 e. The normalized spacial score (nSPS) is 10.5. The molecule has 0 atom stereocenters. The molecule has 70 valence electrons. The van der Waals surface area contributed by atoms with Crippen LogP contribution in [-0.2, 0) is 0 Å². The minimum Gasteiger partial charge on any atom is -0.0985 e. The van der Waals surface area contributed by atoms with E-state index in [4.69, 9.17) is 11.6 Å². The summed E-state index contributed by atoms with van der Waals surface area (Å²) in [5, 5.41) is 2.25. The molecule has 0 nitrogen and oxygen atoms in total. The summed E-state index contributed by atoms with van der Waals surface area (Å²) in [6.07, 6.45) is 1.92. The van der Waals surface area contributed by atoms with Crippen molar-refractivity contribution in [1.82, 2.24) is 0 Å². The van der Waals surface area contributed by atoms with Crippen molar-refractivity contribution in [3.63, 3.8) is 0 Å². The molecule has 0 saturated heterocycles. The van der Waals surface area contributed by atoms with Crippen LogP contribution in [0.3, 0.4) is 0 Å². The third-order valence-corrected chi connectivity index (χ3v) is 4.52. The van der Waals surface area contributed by atoms with Gasteiger partial charge in [0, 0.05) is 5.02 Å². The van der Waals surface area contributed by atoms with Crippen LogP contribution < -0.4 is 5.19 Å². The Morgan fingerprint density at radius 1 is 1.38 bits per heavy atom. The molecule has 0 bridgehead atoms. The van der Waals surface area contributed by atoms with Crippen molar-refractivity contribution >= 4 is 31.7 Å². The summed E-state index contributed by atoms with van der Waals surface area (Å²) in [7, 11) is -0.856. The van der Waals surface area contributed by atoms with Gasteiger partial charge in [0.2, 0.25) is 0 Å². The van der Waals surface area contributed by atoms with Crippen LogP contribution in [-0.4, -0.2) is 8.80 Å². The molecule has 0 unspecified atom stereocenters. The maximum absolute atomic E-state index is 6.16. The van der Waals surface area contributed by atoms with Gasteiger partial charge in [-0.2, -0.15) is 0 Å². The predicted molar refractivity (Wildman–Crippen MR) is 64.8 cm³/mol. The SMILES string of the molecule is C=Cc1c(C)ccc(Cl)c1[SiH](C)C. The van der Waals surface area contributed by atoms with Crippen molar-refractivity contribution in [3.8, 4) is 0 Å². The van der Waals surface area contributed by atoms with Gasteiger partial charge in [-0.3, -0.25) is 0 Å². The highest BCUT2D eigenvalue weighted by Crippen LogP contribution is 2.15. The van der Waals surface area contributed by atoms with Crippen molar-refractivity contribution in [1.29, 1.82) is 0 Å². The molecule has 13 heavy (non-hydrogen) atoms. The summed E-state index contributed by atoms with van der Waals surface area (Å²) in [5.74, 6) is 0. The number of benzene rings is 1. The topological polar surface area (TPSA) is 0 Å². The minimum absolute atomic E-state index is 0.856. The monoisotopic (exact) mass is 210 g/mol. The average Bonchev–Trinajstić information content (AvgIpc) is 2.07. The fraction of sp³-hybridized carbons (Fsp3) is 0.273. The van der Waals surface area contributed by atoms with E-state index in [1.54, 1.807) is 0 Å². The molecule has 0 N–H and O–H groups in total. The Balaban J connectivity index is 3.43. The van der Waals surface area contributed by atoms with Gasteiger partial charge in [-0.25, -0.2) is 0 Å². The van der Waals surface area contributed by atoms with Crippen molar-refractivity contribution < 1.29 is 0 Å². The van der Waals surface area contributed by atoms with E-state index in [0.717, 1.165) is 5.02 Å². The van der Waals surface area contributed by atoms with Gasteiger partial charge in [0.15, 0.2) is 0 Å². The molecule has 0 heterocycles. The molecule has 0 saturated carbocycles. The van der Waals surface area contributed by atoms with Gasteiger partial charge < -0.3 is 0 Å². The summed E-state index contributed by atoms with van der Waals surface area (Å²) in [6, 6.07) is 4.05. The van der Waals surface area contributed by atoms with E-state index in [0.29, 0.717) is 0 Å². The number of rotatable bonds is 2. The first-order valence-electron chi connectivity index (χ1n) is 4.49. The van der Waals surface area contributed by atoms with E-state index in [1.165, 1.54) is 16.3 Å². The Labute approximate surface area is 86.8 Å². The molecule has 0 aliphatic heterocycles. The molecule has 0 radical (unpaired) electrons. The van der Waals surface area contributed by atoms with Crippen LogP contribution in [0.5, 0.6) is 0 Å². The molecule has 0 aliphatic rings. The van der Waals surface area contributed by atoms with Crippen LogP contribution in [0, 0.1) is 6.92 Å². The first kappa shape index (κ1) is 10.5. The van der Waals surface area contributed by atoms with Gasteiger partial charge >= 0.3 is 0 Å². The van der Waals surface area contributed by atoms with Gasteiger partial charge in [0.05, 0.1) is 8.80 Å². The third kappa shape index (κ3) is 2.04. The molecule has 1 rings (SSSR count). The van der Waals surface area contributed by atoms with Crippen LogP contribution in [0.15, 0.2) is 18.7 Å². The van der Waals surface area contributed by atoms with Crippen LogP contribution >= 0.6 is 11.6 Å². The Morgan fingerprint density at radius 2 is 2.00 bits per heavy atom. The number of halogens is 1. The van der Waals surface area contributed by atoms with E-state index in [2.05, 4.69) is 32.7 Å². The lowest BCUT2D eigenvalue weighted by atomic mass is 10.1. The lowest BCUT2D eigenvalue weighted by Gasteiger charge is -2.13. The van der Waals surface area contributed by atoms with Gasteiger partial charge in [0.1, 0.15) is 0 Å². The average molecular weight is 211 g/mol. The van der Waals surface area contributed by atoms with Crippen molar-refractivity contribution in [3.05, 3.63) is 34.9 Å². The largest absolute Gasteiger partial charge is 0.0985 e. The summed E-state index contributed by atoms with van der Waals surface area (Å²) in [5.41, 5.74) is 2.52. The quantitative estimate of drug-likeness (QED) is 0.659. The lowest BCUT2D eigenvalue weighted by Crippen LogP contribution is -2.27. The zero-order valence-electron chi connectivity index (χ0n) is 8.39. The second-order valence-electron chi connectivity index (χ2n) is 3.55. The Hall–Kier alpha value is -0.533. The van der Waals surface area contributed by atoms with Crippen molar-refractivity contribution in [2.75, 3.05) is 0 Å². The highest BCUT2D eigenvalue weighted by atomic mass is 35.5. The maximum Gasteiger partial charge on any atom is 0.0674 e. The number of aryl methyl sites for hydroxylation is 1. The Morgan fingerprint density at radius 3 is 2.38 bits per heavy atom. The number of hydrogen-bond donors (Lipinski definition) is 0. The van der Waals surface area contributed by atoms with Gasteiger partial charge in [-0.1, -0.05) is 43.4 Å². The molecule has 1 aromatic rings. The zero-order chi connectivity index (χ0) is 10.0. The maximum atomic E-state index is 6.16. The van der Waals surface area contributed by atoms with Crippen LogP contribution in [0.25, 0.3) is 6.08 Å². The summed E-state index contributed by atoms with van der Waals surface area (Å²) >= 11 is 6.16. The fourth-order valence-corrected chi connectivity index (χ4v) is 4.01. The third-order valence-electron chi connectivity index (χ3n) is 2.23. The Bertz CT molecular complexity index is 329. The van der Waals surface area contributed by atoms with Crippen LogP contribution in [0.4, 0.5) is 0 Å².